The molecule has 1 aromatic rings. The van der Waals surface area contributed by atoms with Gasteiger partial charge in [-0.1, -0.05) is 11.6 Å². The second kappa shape index (κ2) is 6.27. The summed E-state index contributed by atoms with van der Waals surface area (Å²) in [7, 11) is -4.31. The molecule has 0 atom stereocenters. The minimum Gasteiger partial charge on any atom is -0.395 e. The summed E-state index contributed by atoms with van der Waals surface area (Å²) in [6.45, 7) is -1.40. The van der Waals surface area contributed by atoms with Gasteiger partial charge in [0, 0.05) is 0 Å². The first-order valence-electron chi connectivity index (χ1n) is 5.22. The summed E-state index contributed by atoms with van der Waals surface area (Å²) in [4.78, 5) is -0.666. The zero-order valence-corrected chi connectivity index (χ0v) is 11.4. The molecule has 0 aliphatic rings. The highest BCUT2D eigenvalue weighted by atomic mass is 35.5. The molecule has 20 heavy (non-hydrogen) atoms. The van der Waals surface area contributed by atoms with Crippen LogP contribution in [0.5, 0.6) is 0 Å². The van der Waals surface area contributed by atoms with Crippen LogP contribution in [0.1, 0.15) is 5.56 Å². The molecule has 10 heteroatoms. The third kappa shape index (κ3) is 4.06. The van der Waals surface area contributed by atoms with Gasteiger partial charge < -0.3 is 10.2 Å². The average molecular weight is 334 g/mol. The van der Waals surface area contributed by atoms with Gasteiger partial charge in [-0.3, -0.25) is 0 Å². The van der Waals surface area contributed by atoms with Crippen molar-refractivity contribution in [1.82, 2.24) is 4.72 Å². The molecule has 0 aliphatic carbocycles. The molecule has 1 rings (SSSR count). The van der Waals surface area contributed by atoms with Gasteiger partial charge in [0.2, 0.25) is 10.0 Å². The number of nitrogens with one attached hydrogen (secondary N) is 1. The van der Waals surface area contributed by atoms with Crippen LogP contribution in [0.3, 0.4) is 0 Å². The Bertz CT molecular complexity index is 572. The number of aliphatic hydroxyl groups excluding tert-OH is 2. The highest BCUT2D eigenvalue weighted by Crippen LogP contribution is 2.35. The fourth-order valence-corrected chi connectivity index (χ4v) is 2.78. The van der Waals surface area contributed by atoms with Crippen LogP contribution in [0.4, 0.5) is 13.2 Å². The lowest BCUT2D eigenvalue weighted by atomic mass is 10.2. The number of alkyl halides is 3. The standard InChI is InChI=1S/C10H11ClF3NO4S/c11-9-2-1-7(3-8(9)10(12,13)14)20(18,19)15-6(4-16)5-17/h1-3,6,15-17H,4-5H2. The van der Waals surface area contributed by atoms with Gasteiger partial charge >= 0.3 is 6.18 Å². The Balaban J connectivity index is 3.20. The molecule has 0 amide bonds. The van der Waals surface area contributed by atoms with Crippen molar-refractivity contribution < 1.29 is 31.8 Å². The molecule has 3 N–H and O–H groups in total. The molecule has 1 aromatic carbocycles. The summed E-state index contributed by atoms with van der Waals surface area (Å²) in [6, 6.07) is 0.888. The normalized spacial score (nSPS) is 12.9. The Morgan fingerprint density at radius 1 is 1.25 bits per heavy atom. The lowest BCUT2D eigenvalue weighted by Gasteiger charge is -2.15. The lowest BCUT2D eigenvalue weighted by Crippen LogP contribution is -2.40. The molecular weight excluding hydrogens is 323 g/mol. The molecule has 0 heterocycles. The molecule has 0 unspecified atom stereocenters. The van der Waals surface area contributed by atoms with E-state index in [9.17, 15) is 21.6 Å². The Labute approximate surface area is 118 Å². The van der Waals surface area contributed by atoms with Crippen LogP contribution in [-0.4, -0.2) is 37.9 Å². The quantitative estimate of drug-likeness (QED) is 0.750. The van der Waals surface area contributed by atoms with E-state index < -0.39 is 50.9 Å². The fraction of sp³-hybridized carbons (Fsp3) is 0.400. The maximum atomic E-state index is 12.6. The predicted molar refractivity (Wildman–Crippen MR) is 64.7 cm³/mol. The van der Waals surface area contributed by atoms with Gasteiger partial charge in [0.15, 0.2) is 0 Å². The van der Waals surface area contributed by atoms with Crippen LogP contribution in [0.2, 0.25) is 5.02 Å². The van der Waals surface area contributed by atoms with E-state index in [-0.39, 0.29) is 0 Å². The highest BCUT2D eigenvalue weighted by Gasteiger charge is 2.34. The Hall–Kier alpha value is -0.870. The largest absolute Gasteiger partial charge is 0.417 e. The smallest absolute Gasteiger partial charge is 0.395 e. The average Bonchev–Trinajstić information content (AvgIpc) is 2.34. The number of rotatable bonds is 5. The summed E-state index contributed by atoms with van der Waals surface area (Å²) < 4.78 is 63.4. The molecule has 0 aliphatic heterocycles. The maximum Gasteiger partial charge on any atom is 0.417 e. The van der Waals surface area contributed by atoms with Gasteiger partial charge in [-0.2, -0.15) is 13.2 Å². The predicted octanol–water partition coefficient (Wildman–Crippen LogP) is 0.990. The van der Waals surface area contributed by atoms with Gasteiger partial charge in [-0.15, -0.1) is 0 Å². The SMILES string of the molecule is O=S(=O)(NC(CO)CO)c1ccc(Cl)c(C(F)(F)F)c1. The van der Waals surface area contributed by atoms with Gasteiger partial charge in [0.05, 0.1) is 34.7 Å². The zero-order chi connectivity index (χ0) is 15.6. The molecular formula is C10H11ClF3NO4S. The first-order valence-corrected chi connectivity index (χ1v) is 7.08. The first kappa shape index (κ1) is 17.2. The fourth-order valence-electron chi connectivity index (χ4n) is 1.31. The Kier molecular flexibility index (Phi) is 5.39. The molecule has 0 bridgehead atoms. The van der Waals surface area contributed by atoms with E-state index in [0.717, 1.165) is 12.1 Å². The number of hydrogen-bond acceptors (Lipinski definition) is 4. The van der Waals surface area contributed by atoms with Crippen molar-refractivity contribution in [3.63, 3.8) is 0 Å². The second-order valence-electron chi connectivity index (χ2n) is 3.82. The molecule has 0 aromatic heterocycles. The van der Waals surface area contributed by atoms with E-state index in [1.54, 1.807) is 0 Å². The van der Waals surface area contributed by atoms with Crippen LogP contribution in [0.25, 0.3) is 0 Å². The molecule has 5 nitrogen and oxygen atoms in total. The molecule has 0 radical (unpaired) electrons. The Morgan fingerprint density at radius 3 is 2.25 bits per heavy atom. The van der Waals surface area contributed by atoms with Crippen molar-refractivity contribution in [2.24, 2.45) is 0 Å². The van der Waals surface area contributed by atoms with Crippen molar-refractivity contribution >= 4 is 21.6 Å². The van der Waals surface area contributed by atoms with Crippen molar-refractivity contribution in [2.45, 2.75) is 17.1 Å². The second-order valence-corrected chi connectivity index (χ2v) is 5.94. The van der Waals surface area contributed by atoms with E-state index in [1.165, 1.54) is 0 Å². The lowest BCUT2D eigenvalue weighted by molar-refractivity contribution is -0.137. The number of aliphatic hydroxyl groups is 2. The van der Waals surface area contributed by atoms with E-state index >= 15 is 0 Å². The topological polar surface area (TPSA) is 86.6 Å². The van der Waals surface area contributed by atoms with Gasteiger partial charge in [0.25, 0.3) is 0 Å². The van der Waals surface area contributed by atoms with Crippen molar-refractivity contribution in [3.05, 3.63) is 28.8 Å². The van der Waals surface area contributed by atoms with Gasteiger partial charge in [-0.05, 0) is 18.2 Å². The third-order valence-electron chi connectivity index (χ3n) is 2.32. The maximum absolute atomic E-state index is 12.6. The summed E-state index contributed by atoms with van der Waals surface area (Å²) in [5.41, 5.74) is -1.29. The number of halogens is 4. The minimum atomic E-state index is -4.80. The van der Waals surface area contributed by atoms with Crippen molar-refractivity contribution in [1.29, 1.82) is 0 Å². The molecule has 114 valence electrons. The number of hydrogen-bond donors (Lipinski definition) is 3. The monoisotopic (exact) mass is 333 g/mol. The van der Waals surface area contributed by atoms with Crippen LogP contribution >= 0.6 is 11.6 Å². The van der Waals surface area contributed by atoms with Crippen LogP contribution in [0.15, 0.2) is 23.1 Å². The van der Waals surface area contributed by atoms with E-state index in [2.05, 4.69) is 0 Å². The van der Waals surface area contributed by atoms with E-state index in [1.807, 2.05) is 4.72 Å². The summed E-state index contributed by atoms with van der Waals surface area (Å²) in [5.74, 6) is 0. The van der Waals surface area contributed by atoms with Crippen LogP contribution in [0, 0.1) is 0 Å². The summed E-state index contributed by atoms with van der Waals surface area (Å²) in [5, 5.41) is 16.9. The summed E-state index contributed by atoms with van der Waals surface area (Å²) >= 11 is 5.38. The van der Waals surface area contributed by atoms with Crippen molar-refractivity contribution in [3.8, 4) is 0 Å². The van der Waals surface area contributed by atoms with E-state index in [0.29, 0.717) is 6.07 Å². The molecule has 0 spiro atoms. The van der Waals surface area contributed by atoms with Crippen LogP contribution < -0.4 is 4.72 Å². The molecule has 0 saturated heterocycles. The number of benzene rings is 1. The first-order chi connectivity index (χ1) is 9.11. The molecule has 0 fully saturated rings. The summed E-state index contributed by atoms with van der Waals surface area (Å²) in [6.07, 6.45) is -4.80. The van der Waals surface area contributed by atoms with Gasteiger partial charge in [0.1, 0.15) is 0 Å². The zero-order valence-electron chi connectivity index (χ0n) is 9.85. The van der Waals surface area contributed by atoms with Crippen LogP contribution in [-0.2, 0) is 16.2 Å². The van der Waals surface area contributed by atoms with E-state index in [4.69, 9.17) is 21.8 Å². The van der Waals surface area contributed by atoms with Gasteiger partial charge in [-0.25, -0.2) is 13.1 Å². The van der Waals surface area contributed by atoms with Crippen molar-refractivity contribution in [2.75, 3.05) is 13.2 Å². The third-order valence-corrected chi connectivity index (χ3v) is 4.16. The number of sulfonamides is 1. The highest BCUT2D eigenvalue weighted by molar-refractivity contribution is 7.89. The molecule has 0 saturated carbocycles. The Morgan fingerprint density at radius 2 is 1.80 bits per heavy atom. The minimum absolute atomic E-state index is 0.385.